The zero-order valence-corrected chi connectivity index (χ0v) is 11.6. The monoisotopic (exact) mass is 290 g/mol. The average Bonchev–Trinajstić information content (AvgIpc) is 2.74. The van der Waals surface area contributed by atoms with Gasteiger partial charge >= 0.3 is 5.69 Å². The largest absolute Gasteiger partial charge is 0.301 e. The van der Waals surface area contributed by atoms with Crippen LogP contribution in [-0.2, 0) is 0 Å². The fourth-order valence-corrected chi connectivity index (χ4v) is 2.19. The van der Waals surface area contributed by atoms with Crippen molar-refractivity contribution in [1.29, 1.82) is 0 Å². The van der Waals surface area contributed by atoms with E-state index in [0.29, 0.717) is 0 Å². The molecule has 0 radical (unpaired) electrons. The second kappa shape index (κ2) is 5.70. The van der Waals surface area contributed by atoms with Crippen molar-refractivity contribution in [3.05, 3.63) is 50.1 Å². The quantitative estimate of drug-likeness (QED) is 0.675. The highest BCUT2D eigenvalue weighted by molar-refractivity contribution is 6.00. The number of nitrogens with one attached hydrogen (secondary N) is 1. The number of allylic oxidation sites excluding steroid dienone is 2. The molecule has 1 aliphatic carbocycles. The van der Waals surface area contributed by atoms with Crippen LogP contribution in [0.1, 0.15) is 20.3 Å². The molecule has 110 valence electrons. The number of non-ortho nitro benzene ring substituents is 1. The molecule has 0 heterocycles. The number of hydrogen-bond acceptors (Lipinski definition) is 6. The highest BCUT2D eigenvalue weighted by atomic mass is 16.6. The lowest BCUT2D eigenvalue weighted by Gasteiger charge is -2.05. The maximum atomic E-state index is 11.0. The molecule has 0 saturated carbocycles. The Hall–Kier alpha value is -2.77. The molecule has 1 N–H and O–H groups in total. The first-order chi connectivity index (χ1) is 9.88. The third-order valence-corrected chi connectivity index (χ3v) is 3.22. The second-order valence-corrected chi connectivity index (χ2v) is 4.96. The Morgan fingerprint density at radius 3 is 2.52 bits per heavy atom. The van der Waals surface area contributed by atoms with E-state index in [0.717, 1.165) is 18.2 Å². The van der Waals surface area contributed by atoms with Gasteiger partial charge in [0.15, 0.2) is 0 Å². The van der Waals surface area contributed by atoms with Crippen LogP contribution in [0.5, 0.6) is 0 Å². The molecule has 1 unspecified atom stereocenters. The number of nitro benzene ring substituents is 2. The van der Waals surface area contributed by atoms with Crippen LogP contribution in [0.3, 0.4) is 0 Å². The highest BCUT2D eigenvalue weighted by Gasteiger charge is 2.20. The van der Waals surface area contributed by atoms with Crippen molar-refractivity contribution in [2.24, 2.45) is 11.0 Å². The molecule has 0 saturated heterocycles. The standard InChI is InChI=1S/C13H14N4O4/c1-8-5-9(2)12(6-8)15-14-11-4-3-10(16(18)19)7-13(11)17(20)21/h3-4,6-7,9,14H,5H2,1-2H3/b15-12-. The molecule has 8 nitrogen and oxygen atoms in total. The van der Waals surface area contributed by atoms with Gasteiger partial charge in [0.05, 0.1) is 21.6 Å². The Kier molecular flexibility index (Phi) is 3.97. The van der Waals surface area contributed by atoms with E-state index in [1.54, 1.807) is 0 Å². The lowest BCUT2D eigenvalue weighted by Crippen LogP contribution is -2.06. The van der Waals surface area contributed by atoms with Gasteiger partial charge in [0, 0.05) is 12.0 Å². The number of benzene rings is 1. The van der Waals surface area contributed by atoms with Crippen molar-refractivity contribution in [2.75, 3.05) is 5.43 Å². The number of hydrazone groups is 1. The van der Waals surface area contributed by atoms with Crippen LogP contribution in [0.15, 0.2) is 34.9 Å². The van der Waals surface area contributed by atoms with E-state index in [1.165, 1.54) is 17.7 Å². The zero-order chi connectivity index (χ0) is 15.6. The molecule has 21 heavy (non-hydrogen) atoms. The lowest BCUT2D eigenvalue weighted by atomic mass is 10.1. The van der Waals surface area contributed by atoms with E-state index in [2.05, 4.69) is 10.5 Å². The van der Waals surface area contributed by atoms with Gasteiger partial charge in [0.25, 0.3) is 5.69 Å². The van der Waals surface area contributed by atoms with E-state index < -0.39 is 9.85 Å². The van der Waals surface area contributed by atoms with Crippen LogP contribution in [0.2, 0.25) is 0 Å². The fraction of sp³-hybridized carbons (Fsp3) is 0.308. The third kappa shape index (κ3) is 3.22. The maximum absolute atomic E-state index is 11.0. The molecule has 0 amide bonds. The third-order valence-electron chi connectivity index (χ3n) is 3.22. The van der Waals surface area contributed by atoms with Gasteiger partial charge in [-0.05, 0) is 25.5 Å². The summed E-state index contributed by atoms with van der Waals surface area (Å²) in [7, 11) is 0. The van der Waals surface area contributed by atoms with E-state index in [-0.39, 0.29) is 23.0 Å². The minimum Gasteiger partial charge on any atom is -0.271 e. The molecule has 1 aromatic rings. The summed E-state index contributed by atoms with van der Waals surface area (Å²) in [5.41, 5.74) is 4.06. The Balaban J connectivity index is 2.30. The molecule has 1 atom stereocenters. The molecule has 2 rings (SSSR count). The van der Waals surface area contributed by atoms with E-state index in [1.807, 2.05) is 19.9 Å². The van der Waals surface area contributed by atoms with Crippen LogP contribution >= 0.6 is 0 Å². The Morgan fingerprint density at radius 1 is 1.29 bits per heavy atom. The smallest absolute Gasteiger partial charge is 0.271 e. The van der Waals surface area contributed by atoms with E-state index in [9.17, 15) is 20.2 Å². The first kappa shape index (κ1) is 14.6. The van der Waals surface area contributed by atoms with Crippen molar-refractivity contribution < 1.29 is 9.85 Å². The molecular formula is C13H14N4O4. The van der Waals surface area contributed by atoms with Crippen molar-refractivity contribution in [3.8, 4) is 0 Å². The molecule has 0 aromatic heterocycles. The Morgan fingerprint density at radius 2 is 2.00 bits per heavy atom. The van der Waals surface area contributed by atoms with Crippen LogP contribution in [0.4, 0.5) is 17.1 Å². The summed E-state index contributed by atoms with van der Waals surface area (Å²) in [4.78, 5) is 20.3. The summed E-state index contributed by atoms with van der Waals surface area (Å²) in [6.07, 6.45) is 2.83. The second-order valence-electron chi connectivity index (χ2n) is 4.96. The van der Waals surface area contributed by atoms with Gasteiger partial charge < -0.3 is 0 Å². The van der Waals surface area contributed by atoms with E-state index in [4.69, 9.17) is 0 Å². The lowest BCUT2D eigenvalue weighted by molar-refractivity contribution is -0.393. The summed E-state index contributed by atoms with van der Waals surface area (Å²) in [5, 5.41) is 25.8. The number of nitro groups is 2. The van der Waals surface area contributed by atoms with Gasteiger partial charge in [-0.2, -0.15) is 5.10 Å². The molecule has 8 heteroatoms. The number of anilines is 1. The SMILES string of the molecule is CC1=C/C(=N/Nc2ccc([N+](=O)[O-])cc2[N+](=O)[O-])C(C)C1. The summed E-state index contributed by atoms with van der Waals surface area (Å²) >= 11 is 0. The van der Waals surface area contributed by atoms with Crippen molar-refractivity contribution >= 4 is 22.8 Å². The van der Waals surface area contributed by atoms with Crippen molar-refractivity contribution in [3.63, 3.8) is 0 Å². The minimum atomic E-state index is -0.673. The molecule has 0 fully saturated rings. The van der Waals surface area contributed by atoms with Gasteiger partial charge in [-0.3, -0.25) is 25.7 Å². The van der Waals surface area contributed by atoms with Gasteiger partial charge in [-0.25, -0.2) is 0 Å². The normalized spacial score (nSPS) is 19.4. The van der Waals surface area contributed by atoms with Gasteiger partial charge in [-0.1, -0.05) is 12.5 Å². The number of nitrogens with zero attached hydrogens (tertiary/aromatic N) is 3. The predicted molar refractivity (Wildman–Crippen MR) is 78.3 cm³/mol. The van der Waals surface area contributed by atoms with Crippen LogP contribution < -0.4 is 5.43 Å². The fourth-order valence-electron chi connectivity index (χ4n) is 2.19. The summed E-state index contributed by atoms with van der Waals surface area (Å²) in [6.45, 7) is 4.01. The average molecular weight is 290 g/mol. The van der Waals surface area contributed by atoms with Crippen molar-refractivity contribution in [2.45, 2.75) is 20.3 Å². The van der Waals surface area contributed by atoms with Crippen LogP contribution in [-0.4, -0.2) is 15.6 Å². The topological polar surface area (TPSA) is 111 Å². The van der Waals surface area contributed by atoms with Gasteiger partial charge in [0.1, 0.15) is 5.69 Å². The molecular weight excluding hydrogens is 276 g/mol. The minimum absolute atomic E-state index is 0.128. The number of hydrogen-bond donors (Lipinski definition) is 1. The van der Waals surface area contributed by atoms with E-state index >= 15 is 0 Å². The Labute approximate surface area is 120 Å². The number of rotatable bonds is 4. The molecule has 0 bridgehead atoms. The summed E-state index contributed by atoms with van der Waals surface area (Å²) < 4.78 is 0. The van der Waals surface area contributed by atoms with Crippen LogP contribution in [0, 0.1) is 26.1 Å². The zero-order valence-electron chi connectivity index (χ0n) is 11.6. The Bertz CT molecular complexity index is 666. The van der Waals surface area contributed by atoms with Gasteiger partial charge in [-0.15, -0.1) is 0 Å². The highest BCUT2D eigenvalue weighted by Crippen LogP contribution is 2.29. The maximum Gasteiger partial charge on any atom is 0.301 e. The molecule has 1 aromatic carbocycles. The first-order valence-corrected chi connectivity index (χ1v) is 6.32. The van der Waals surface area contributed by atoms with Gasteiger partial charge in [0.2, 0.25) is 0 Å². The van der Waals surface area contributed by atoms with Crippen LogP contribution in [0.25, 0.3) is 0 Å². The molecule has 0 aliphatic heterocycles. The molecule has 0 spiro atoms. The predicted octanol–water partition coefficient (Wildman–Crippen LogP) is 3.26. The summed E-state index contributed by atoms with van der Waals surface area (Å²) in [6, 6.07) is 3.41. The van der Waals surface area contributed by atoms with Crippen molar-refractivity contribution in [1.82, 2.24) is 0 Å². The molecule has 1 aliphatic rings. The first-order valence-electron chi connectivity index (χ1n) is 6.32. The summed E-state index contributed by atoms with van der Waals surface area (Å²) in [5.74, 6) is 0.245.